The Morgan fingerprint density at radius 3 is 2.30 bits per heavy atom. The Kier molecular flexibility index (Phi) is 12.8. The third kappa shape index (κ3) is 12.0. The Morgan fingerprint density at radius 1 is 1.04 bits per heavy atom. The Morgan fingerprint density at radius 2 is 1.70 bits per heavy atom. The lowest BCUT2D eigenvalue weighted by atomic mass is 10.1. The van der Waals surface area contributed by atoms with Crippen molar-refractivity contribution in [2.45, 2.75) is 26.3 Å². The lowest BCUT2D eigenvalue weighted by molar-refractivity contribution is -0.274. The number of ether oxygens (including phenoxy) is 1. The number of aliphatic imine (C=N–C) groups is 3. The zero-order valence-corrected chi connectivity index (χ0v) is 25.5. The number of halogens is 3. The molecule has 0 bridgehead atoms. The van der Waals surface area contributed by atoms with Crippen LogP contribution in [0.4, 0.5) is 24.5 Å². The number of alkyl halides is 3. The number of hydrogen-bond acceptors (Lipinski definition) is 8. The highest BCUT2D eigenvalue weighted by Gasteiger charge is 2.30. The summed E-state index contributed by atoms with van der Waals surface area (Å²) in [6, 6.07) is 16.4. The molecule has 3 aromatic carbocycles. The summed E-state index contributed by atoms with van der Waals surface area (Å²) >= 11 is 1.08. The molecule has 3 aromatic rings. The smallest absolute Gasteiger partial charge is 0.480 e. The quantitative estimate of drug-likeness (QED) is 0.109. The first-order valence-electron chi connectivity index (χ1n) is 13.4. The van der Waals surface area contributed by atoms with Crippen molar-refractivity contribution in [1.29, 1.82) is 0 Å². The fourth-order valence-electron chi connectivity index (χ4n) is 3.54. The molecule has 16 heteroatoms. The molecule has 1 amide bonds. The topological polar surface area (TPSA) is 189 Å². The SMILES string of the molecule is Cc1cccc(C)c1N=C(N/N=C/c1ccc(C(N)=NC=Nc2ccc(OC(F)(F)F)cc2)cc1)SCC(=O)NCC(N)C(=O)O. The highest BCUT2D eigenvalue weighted by atomic mass is 32.2. The van der Waals surface area contributed by atoms with Crippen LogP contribution in [0.5, 0.6) is 5.75 Å². The summed E-state index contributed by atoms with van der Waals surface area (Å²) in [4.78, 5) is 35.9. The van der Waals surface area contributed by atoms with Crippen LogP contribution in [-0.4, -0.2) is 65.2 Å². The van der Waals surface area contributed by atoms with E-state index >= 15 is 0 Å². The zero-order chi connectivity index (χ0) is 33.7. The van der Waals surface area contributed by atoms with Crippen molar-refractivity contribution < 1.29 is 32.6 Å². The van der Waals surface area contributed by atoms with E-state index in [4.69, 9.17) is 16.6 Å². The van der Waals surface area contributed by atoms with Gasteiger partial charge in [-0.05, 0) is 54.8 Å². The van der Waals surface area contributed by atoms with Crippen molar-refractivity contribution in [2.75, 3.05) is 12.3 Å². The van der Waals surface area contributed by atoms with Crippen LogP contribution >= 0.6 is 11.8 Å². The van der Waals surface area contributed by atoms with Crippen molar-refractivity contribution in [2.24, 2.45) is 31.5 Å². The Balaban J connectivity index is 1.63. The van der Waals surface area contributed by atoms with E-state index in [1.807, 2.05) is 32.0 Å². The molecule has 0 fully saturated rings. The summed E-state index contributed by atoms with van der Waals surface area (Å²) in [5, 5.41) is 16.0. The van der Waals surface area contributed by atoms with Gasteiger partial charge in [-0.15, -0.1) is 13.2 Å². The van der Waals surface area contributed by atoms with Crippen LogP contribution in [-0.2, 0) is 9.59 Å². The number of benzene rings is 3. The summed E-state index contributed by atoms with van der Waals surface area (Å²) in [5.41, 5.74) is 18.5. The first-order chi connectivity index (χ1) is 21.8. The van der Waals surface area contributed by atoms with E-state index in [1.165, 1.54) is 24.7 Å². The van der Waals surface area contributed by atoms with E-state index in [0.29, 0.717) is 22.0 Å². The molecule has 0 aliphatic rings. The summed E-state index contributed by atoms with van der Waals surface area (Å²) in [6.07, 6.45) is -2.05. The molecule has 0 saturated carbocycles. The van der Waals surface area contributed by atoms with E-state index < -0.39 is 24.3 Å². The van der Waals surface area contributed by atoms with Crippen LogP contribution in [0.3, 0.4) is 0 Å². The average Bonchev–Trinajstić information content (AvgIpc) is 3.00. The number of aryl methyl sites for hydroxylation is 2. The normalized spacial score (nSPS) is 13.2. The maximum Gasteiger partial charge on any atom is 0.573 e. The molecule has 0 saturated heterocycles. The molecule has 0 radical (unpaired) electrons. The monoisotopic (exact) mass is 656 g/mol. The number of carboxylic acid groups (broad SMARTS) is 1. The van der Waals surface area contributed by atoms with E-state index in [1.54, 1.807) is 24.3 Å². The lowest BCUT2D eigenvalue weighted by Gasteiger charge is -2.10. The van der Waals surface area contributed by atoms with Crippen LogP contribution in [0.2, 0.25) is 0 Å². The molecule has 0 aliphatic heterocycles. The van der Waals surface area contributed by atoms with Crippen molar-refractivity contribution in [3.05, 3.63) is 89.0 Å². The van der Waals surface area contributed by atoms with Gasteiger partial charge in [0.05, 0.1) is 23.3 Å². The number of carbonyl (C=O) groups excluding carboxylic acids is 1. The summed E-state index contributed by atoms with van der Waals surface area (Å²) in [5.74, 6) is -1.91. The number of hydrazone groups is 1. The number of amides is 1. The number of aliphatic carboxylic acids is 1. The number of hydrogen-bond donors (Lipinski definition) is 5. The molecule has 0 spiro atoms. The number of rotatable bonds is 12. The van der Waals surface area contributed by atoms with Gasteiger partial charge in [0.1, 0.15) is 24.0 Å². The van der Waals surface area contributed by atoms with Gasteiger partial charge in [0.2, 0.25) is 5.91 Å². The van der Waals surface area contributed by atoms with Crippen LogP contribution in [0, 0.1) is 13.8 Å². The van der Waals surface area contributed by atoms with Gasteiger partial charge in [0.25, 0.3) is 0 Å². The largest absolute Gasteiger partial charge is 0.573 e. The van der Waals surface area contributed by atoms with Crippen molar-refractivity contribution in [3.8, 4) is 5.75 Å². The van der Waals surface area contributed by atoms with Gasteiger partial charge in [0.15, 0.2) is 5.17 Å². The molecular formula is C30H31F3N8O4S. The fraction of sp³-hybridized carbons (Fsp3) is 0.200. The third-order valence-corrected chi connectivity index (χ3v) is 6.75. The molecule has 0 aromatic heterocycles. The van der Waals surface area contributed by atoms with Crippen molar-refractivity contribution in [3.63, 3.8) is 0 Å². The van der Waals surface area contributed by atoms with Gasteiger partial charge in [0, 0.05) is 12.1 Å². The maximum atomic E-state index is 12.3. The van der Waals surface area contributed by atoms with E-state index in [2.05, 4.69) is 35.6 Å². The minimum atomic E-state index is -4.78. The van der Waals surface area contributed by atoms with Gasteiger partial charge >= 0.3 is 12.3 Å². The molecule has 3 rings (SSSR count). The van der Waals surface area contributed by atoms with Gasteiger partial charge in [-0.2, -0.15) is 5.10 Å². The van der Waals surface area contributed by atoms with E-state index in [0.717, 1.165) is 40.7 Å². The summed E-state index contributed by atoms with van der Waals surface area (Å²) < 4.78 is 40.7. The van der Waals surface area contributed by atoms with Crippen molar-refractivity contribution in [1.82, 2.24) is 10.7 Å². The van der Waals surface area contributed by atoms with Gasteiger partial charge in [-0.3, -0.25) is 15.0 Å². The Bertz CT molecular complexity index is 1610. The lowest BCUT2D eigenvalue weighted by Crippen LogP contribution is -2.43. The number of carbonyl (C=O) groups is 2. The van der Waals surface area contributed by atoms with Gasteiger partial charge in [-0.1, -0.05) is 54.2 Å². The molecule has 1 atom stereocenters. The van der Waals surface area contributed by atoms with Gasteiger partial charge < -0.3 is 26.6 Å². The standard InChI is InChI=1S/C30H31F3N8O4S/c1-18-4-3-5-19(2)26(18)40-29(46-16-25(42)36-15-24(34)28(43)44)41-39-14-20-6-8-21(9-7-20)27(35)38-17-37-22-10-12-23(13-11-22)45-30(31,32)33/h3-14,17,24H,15-16,34H2,1-2H3,(H,36,42)(H,40,41)(H,43,44)(H2,35,37,38)/b39-14+. The molecular weight excluding hydrogens is 625 g/mol. The van der Waals surface area contributed by atoms with E-state index in [-0.39, 0.29) is 23.9 Å². The minimum Gasteiger partial charge on any atom is -0.480 e. The van der Waals surface area contributed by atoms with E-state index in [9.17, 15) is 22.8 Å². The second-order valence-corrected chi connectivity index (χ2v) is 10.5. The number of carboxylic acids is 1. The molecule has 0 aliphatic carbocycles. The molecule has 242 valence electrons. The minimum absolute atomic E-state index is 0.0625. The van der Waals surface area contributed by atoms with Crippen LogP contribution in [0.25, 0.3) is 0 Å². The fourth-order valence-corrected chi connectivity index (χ4v) is 4.18. The first kappa shape index (κ1) is 35.3. The number of nitrogens with zero attached hydrogens (tertiary/aromatic N) is 4. The number of thioether (sulfide) groups is 1. The van der Waals surface area contributed by atoms with Crippen LogP contribution in [0.1, 0.15) is 22.3 Å². The first-order valence-corrected chi connectivity index (χ1v) is 14.4. The van der Waals surface area contributed by atoms with Crippen LogP contribution < -0.4 is 26.9 Å². The number of nitrogens with two attached hydrogens (primary N) is 2. The molecule has 46 heavy (non-hydrogen) atoms. The molecule has 12 nitrogen and oxygen atoms in total. The Labute approximate surface area is 266 Å². The number of para-hydroxylation sites is 1. The third-order valence-electron chi connectivity index (χ3n) is 5.88. The van der Waals surface area contributed by atoms with Crippen LogP contribution in [0.15, 0.2) is 86.8 Å². The molecule has 0 heterocycles. The zero-order valence-electron chi connectivity index (χ0n) is 24.7. The predicted octanol–water partition coefficient (Wildman–Crippen LogP) is 4.14. The molecule has 7 N–H and O–H groups in total. The molecule has 1 unspecified atom stereocenters. The van der Waals surface area contributed by atoms with Gasteiger partial charge in [-0.25, -0.2) is 15.0 Å². The highest BCUT2D eigenvalue weighted by Crippen LogP contribution is 2.25. The second-order valence-electron chi connectivity index (χ2n) is 9.49. The predicted molar refractivity (Wildman–Crippen MR) is 173 cm³/mol. The number of amidine groups is 2. The summed E-state index contributed by atoms with van der Waals surface area (Å²) in [7, 11) is 0. The highest BCUT2D eigenvalue weighted by molar-refractivity contribution is 8.14. The number of nitrogens with one attached hydrogen (secondary N) is 2. The Hall–Kier alpha value is -5.22. The summed E-state index contributed by atoms with van der Waals surface area (Å²) in [6.45, 7) is 3.61. The van der Waals surface area contributed by atoms with Crippen molar-refractivity contribution >= 4 is 58.6 Å². The maximum absolute atomic E-state index is 12.3. The average molecular weight is 657 g/mol. The second kappa shape index (κ2) is 16.7.